The first kappa shape index (κ1) is 63.2. The van der Waals surface area contributed by atoms with E-state index in [-0.39, 0.29) is 5.41 Å². The summed E-state index contributed by atoms with van der Waals surface area (Å²) in [6, 6.07) is 128. The Morgan fingerprint density at radius 1 is 0.254 bits per heavy atom. The molecule has 0 spiro atoms. The number of benzene rings is 17. The van der Waals surface area contributed by atoms with Crippen molar-refractivity contribution < 1.29 is 0 Å². The molecule has 0 radical (unpaired) electrons. The van der Waals surface area contributed by atoms with Gasteiger partial charge >= 0.3 is 0 Å². The van der Waals surface area contributed by atoms with E-state index in [0.29, 0.717) is 5.95 Å². The fourth-order valence-corrected chi connectivity index (χ4v) is 20.6. The van der Waals surface area contributed by atoms with E-state index >= 15 is 0 Å². The van der Waals surface area contributed by atoms with Crippen LogP contribution in [0.2, 0.25) is 0 Å². The molecule has 0 amide bonds. The minimum Gasteiger partial charge on any atom is -0.309 e. The molecule has 0 aliphatic heterocycles. The van der Waals surface area contributed by atoms with Crippen LogP contribution in [-0.2, 0) is 17.3 Å². The second-order valence-electron chi connectivity index (χ2n) is 32.2. The lowest BCUT2D eigenvalue weighted by Crippen LogP contribution is -2.24. The standard InChI is InChI=1S/C106H68N8/c1-105(2)83-32-14-8-26-72(83)74-49-43-67(57-85(74)105)102-103(108-89-36-18-17-35-88(89)107-102)113-94-54-46-65-41-40-62(56-82(65)100(94)80-51-48-69(59-96(80)113)112-92-39-21-13-31-79(92)98-70-24-6-4-22-63(70)44-53-93(98)112)61-106(3)84-33-15-9-27-73(84)75-50-42-66(58-86(75)106)101-78-30-10-16-34-87(78)109-104(110-101)114-95-55-45-64-23-5-7-25-71(64)99(95)81-52-47-68(60-97(81)114)111-90-37-19-11-28-76(90)77-29-12-20-38-91(77)111/h4-60H,61H2,1-3H3. The molecule has 0 N–H and O–H groups in total. The zero-order valence-electron chi connectivity index (χ0n) is 62.7. The predicted molar refractivity (Wildman–Crippen MR) is 473 cm³/mol. The van der Waals surface area contributed by atoms with E-state index in [1.54, 1.807) is 0 Å². The molecule has 0 saturated heterocycles. The van der Waals surface area contributed by atoms with Crippen molar-refractivity contribution >= 4 is 141 Å². The fourth-order valence-electron chi connectivity index (χ4n) is 20.6. The molecule has 2 aliphatic carbocycles. The number of para-hydroxylation sites is 6. The summed E-state index contributed by atoms with van der Waals surface area (Å²) < 4.78 is 9.63. The second kappa shape index (κ2) is 23.2. The monoisotopic (exact) mass is 1450 g/mol. The van der Waals surface area contributed by atoms with Crippen molar-refractivity contribution in [2.45, 2.75) is 38.0 Å². The summed E-state index contributed by atoms with van der Waals surface area (Å²) >= 11 is 0. The Hall–Kier alpha value is -14.6. The Bertz CT molecular complexity index is 8170. The predicted octanol–water partition coefficient (Wildman–Crippen LogP) is 26.6. The van der Waals surface area contributed by atoms with E-state index in [1.807, 2.05) is 0 Å². The Morgan fingerprint density at radius 2 is 0.702 bits per heavy atom. The highest BCUT2D eigenvalue weighted by atomic mass is 15.2. The third-order valence-electron chi connectivity index (χ3n) is 25.8. The van der Waals surface area contributed by atoms with E-state index < -0.39 is 5.41 Å². The Balaban J connectivity index is 0.680. The molecular formula is C106H68N8. The van der Waals surface area contributed by atoms with Crippen molar-refractivity contribution in [3.05, 3.63) is 374 Å². The van der Waals surface area contributed by atoms with Crippen LogP contribution in [0.1, 0.15) is 48.6 Å². The first-order valence-electron chi connectivity index (χ1n) is 39.5. The van der Waals surface area contributed by atoms with Crippen molar-refractivity contribution in [2.75, 3.05) is 0 Å². The highest BCUT2D eigenvalue weighted by Gasteiger charge is 2.41. The molecule has 0 bridgehead atoms. The van der Waals surface area contributed by atoms with Crippen LogP contribution in [0.15, 0.2) is 346 Å². The molecule has 25 rings (SSSR count). The van der Waals surface area contributed by atoms with Gasteiger partial charge in [-0.05, 0) is 180 Å². The fraction of sp³-hybridized carbons (Fsp3) is 0.0566. The van der Waals surface area contributed by atoms with Crippen LogP contribution >= 0.6 is 0 Å². The van der Waals surface area contributed by atoms with E-state index in [1.165, 1.54) is 115 Å². The third kappa shape index (κ3) is 8.76. The number of rotatable bonds is 8. The highest BCUT2D eigenvalue weighted by Crippen LogP contribution is 2.54. The van der Waals surface area contributed by atoms with E-state index in [4.69, 9.17) is 19.9 Å². The molecule has 8 heteroatoms. The second-order valence-corrected chi connectivity index (χ2v) is 32.2. The minimum absolute atomic E-state index is 0.231. The Labute approximate surface area is 655 Å². The van der Waals surface area contributed by atoms with E-state index in [0.717, 1.165) is 123 Å². The summed E-state index contributed by atoms with van der Waals surface area (Å²) in [4.78, 5) is 23.0. The Kier molecular flexibility index (Phi) is 12.9. The summed E-state index contributed by atoms with van der Waals surface area (Å²) in [6.07, 6.45) is 0.732. The number of fused-ring (bicyclic) bond motifs is 26. The quantitative estimate of drug-likeness (QED) is 0.152. The van der Waals surface area contributed by atoms with Crippen LogP contribution in [0.5, 0.6) is 0 Å². The molecular weight excluding hydrogens is 1390 g/mol. The first-order chi connectivity index (χ1) is 56.1. The van der Waals surface area contributed by atoms with Gasteiger partial charge in [-0.3, -0.25) is 9.13 Å². The van der Waals surface area contributed by atoms with Crippen LogP contribution in [-0.4, -0.2) is 38.2 Å². The molecule has 8 nitrogen and oxygen atoms in total. The van der Waals surface area contributed by atoms with Gasteiger partial charge in [-0.1, -0.05) is 276 Å². The van der Waals surface area contributed by atoms with Crippen molar-refractivity contribution in [3.8, 4) is 67.9 Å². The molecule has 17 aromatic carbocycles. The maximum atomic E-state index is 5.86. The number of hydrogen-bond donors (Lipinski definition) is 0. The van der Waals surface area contributed by atoms with Gasteiger partial charge in [0.05, 0.1) is 66.4 Å². The zero-order valence-corrected chi connectivity index (χ0v) is 62.7. The maximum absolute atomic E-state index is 5.86. The van der Waals surface area contributed by atoms with Gasteiger partial charge in [0.1, 0.15) is 5.69 Å². The zero-order chi connectivity index (χ0) is 75.0. The van der Waals surface area contributed by atoms with Gasteiger partial charge in [-0.25, -0.2) is 19.9 Å². The van der Waals surface area contributed by atoms with E-state index in [9.17, 15) is 0 Å². The van der Waals surface area contributed by atoms with Crippen molar-refractivity contribution in [2.24, 2.45) is 0 Å². The maximum Gasteiger partial charge on any atom is 0.235 e. The van der Waals surface area contributed by atoms with Crippen molar-refractivity contribution in [1.82, 2.24) is 38.2 Å². The molecule has 6 heterocycles. The van der Waals surface area contributed by atoms with Gasteiger partial charge < -0.3 is 9.13 Å². The molecule has 532 valence electrons. The molecule has 6 aromatic heterocycles. The SMILES string of the molecule is CC1(C)c2ccccc2-c2ccc(-c3nc4ccccc4nc3-n3c4cc(-n5c6ccccc6c6c7ccccc7ccc65)ccc4c4c5cc(CC6(C)c7ccccc7-c7ccc(-c8nc(-n9c%10cc(-n%11c%12ccccc%12c%12ccccc%12%11)ccc%10c%10c%11ccccc%11ccc%109)nc9ccccc89)cc76)ccc5ccc43)cc21. The molecule has 2 aliphatic rings. The average molecular weight is 1450 g/mol. The van der Waals surface area contributed by atoms with E-state index in [2.05, 4.69) is 385 Å². The number of aromatic nitrogens is 8. The summed E-state index contributed by atoms with van der Waals surface area (Å²) in [5.74, 6) is 1.40. The van der Waals surface area contributed by atoms with Gasteiger partial charge in [0, 0.05) is 81.8 Å². The van der Waals surface area contributed by atoms with Crippen molar-refractivity contribution in [3.63, 3.8) is 0 Å². The molecule has 1 unspecified atom stereocenters. The lowest BCUT2D eigenvalue weighted by Gasteiger charge is -2.28. The van der Waals surface area contributed by atoms with Gasteiger partial charge in [0.2, 0.25) is 5.95 Å². The smallest absolute Gasteiger partial charge is 0.235 e. The summed E-state index contributed by atoms with van der Waals surface area (Å²) in [5.41, 5.74) is 28.1. The lowest BCUT2D eigenvalue weighted by atomic mass is 9.74. The Morgan fingerprint density at radius 3 is 1.37 bits per heavy atom. The van der Waals surface area contributed by atoms with Gasteiger partial charge in [-0.2, -0.15) is 0 Å². The first-order valence-corrected chi connectivity index (χ1v) is 39.5. The van der Waals surface area contributed by atoms with Gasteiger partial charge in [0.15, 0.2) is 5.82 Å². The van der Waals surface area contributed by atoms with Gasteiger partial charge in [-0.15, -0.1) is 0 Å². The van der Waals surface area contributed by atoms with Crippen LogP contribution in [0, 0.1) is 0 Å². The summed E-state index contributed by atoms with van der Waals surface area (Å²) in [5, 5.41) is 17.7. The highest BCUT2D eigenvalue weighted by molar-refractivity contribution is 6.25. The number of hydrogen-bond acceptors (Lipinski definition) is 4. The number of nitrogens with zero attached hydrogens (tertiary/aromatic N) is 8. The summed E-state index contributed by atoms with van der Waals surface area (Å²) in [7, 11) is 0. The minimum atomic E-state index is -0.468. The van der Waals surface area contributed by atoms with Crippen LogP contribution in [0.3, 0.4) is 0 Å². The normalized spacial score (nSPS) is 14.4. The molecule has 114 heavy (non-hydrogen) atoms. The van der Waals surface area contributed by atoms with Crippen LogP contribution in [0.25, 0.3) is 209 Å². The molecule has 1 atom stereocenters. The third-order valence-corrected chi connectivity index (χ3v) is 25.8. The van der Waals surface area contributed by atoms with Gasteiger partial charge in [0.25, 0.3) is 0 Å². The summed E-state index contributed by atoms with van der Waals surface area (Å²) in [6.45, 7) is 7.18. The average Bonchev–Trinajstić information content (AvgIpc) is 1.56. The van der Waals surface area contributed by atoms with Crippen LogP contribution < -0.4 is 0 Å². The molecule has 0 saturated carbocycles. The molecule has 0 fully saturated rings. The van der Waals surface area contributed by atoms with Crippen molar-refractivity contribution in [1.29, 1.82) is 0 Å². The topological polar surface area (TPSA) is 71.3 Å². The van der Waals surface area contributed by atoms with Crippen LogP contribution in [0.4, 0.5) is 0 Å². The lowest BCUT2D eigenvalue weighted by molar-refractivity contribution is 0.583. The molecule has 23 aromatic rings. The largest absolute Gasteiger partial charge is 0.309 e.